The van der Waals surface area contributed by atoms with Crippen LogP contribution in [0.15, 0.2) is 48.7 Å². The predicted molar refractivity (Wildman–Crippen MR) is 111 cm³/mol. The Bertz CT molecular complexity index is 1210. The lowest BCUT2D eigenvalue weighted by molar-refractivity contribution is 0.122. The van der Waals surface area contributed by atoms with Crippen LogP contribution in [0.1, 0.15) is 17.9 Å². The van der Waals surface area contributed by atoms with Gasteiger partial charge in [-0.2, -0.15) is 15.0 Å². The molecule has 0 N–H and O–H groups in total. The fourth-order valence-electron chi connectivity index (χ4n) is 3.43. The minimum Gasteiger partial charge on any atom is -0.457 e. The van der Waals surface area contributed by atoms with Crippen molar-refractivity contribution in [1.82, 2.24) is 29.5 Å². The highest BCUT2D eigenvalue weighted by Gasteiger charge is 2.24. The highest BCUT2D eigenvalue weighted by atomic mass is 19.3. The number of benzene rings is 1. The van der Waals surface area contributed by atoms with Crippen LogP contribution in [0.25, 0.3) is 17.0 Å². The van der Waals surface area contributed by atoms with E-state index in [-0.39, 0.29) is 18.6 Å². The zero-order valence-electron chi connectivity index (χ0n) is 16.9. The Balaban J connectivity index is 1.60. The molecule has 0 saturated carbocycles. The number of halogens is 2. The molecule has 0 radical (unpaired) electrons. The van der Waals surface area contributed by atoms with E-state index in [1.54, 1.807) is 36.5 Å². The molecule has 0 unspecified atom stereocenters. The molecule has 1 aromatic carbocycles. The Labute approximate surface area is 181 Å². The molecule has 1 saturated heterocycles. The Morgan fingerprint density at radius 1 is 0.938 bits per heavy atom. The lowest BCUT2D eigenvalue weighted by atomic mass is 10.3. The van der Waals surface area contributed by atoms with E-state index < -0.39 is 12.2 Å². The Morgan fingerprint density at radius 2 is 1.72 bits per heavy atom. The van der Waals surface area contributed by atoms with Gasteiger partial charge in [-0.3, -0.25) is 9.55 Å². The number of nitrogens with zero attached hydrogens (tertiary/aromatic N) is 7. The minimum absolute atomic E-state index is 0.0140. The van der Waals surface area contributed by atoms with Crippen molar-refractivity contribution in [2.24, 2.45) is 0 Å². The number of anilines is 1. The summed E-state index contributed by atoms with van der Waals surface area (Å²) in [5.41, 5.74) is 1.58. The van der Waals surface area contributed by atoms with Crippen LogP contribution in [0, 0.1) is 0 Å². The van der Waals surface area contributed by atoms with E-state index in [2.05, 4.69) is 24.9 Å². The summed E-state index contributed by atoms with van der Waals surface area (Å²) in [6, 6.07) is 12.3. The molecule has 164 valence electrons. The van der Waals surface area contributed by atoms with Crippen molar-refractivity contribution in [3.8, 4) is 12.0 Å². The van der Waals surface area contributed by atoms with E-state index in [1.807, 2.05) is 17.0 Å². The fourth-order valence-corrected chi connectivity index (χ4v) is 3.43. The first kappa shape index (κ1) is 20.2. The number of ether oxygens (including phenoxy) is 2. The second kappa shape index (κ2) is 8.79. The fraction of sp³-hybridized carbons (Fsp3) is 0.286. The molecule has 0 atom stereocenters. The molecule has 4 heterocycles. The van der Waals surface area contributed by atoms with E-state index in [0.717, 1.165) is 0 Å². The van der Waals surface area contributed by atoms with Crippen LogP contribution in [0.4, 0.5) is 14.7 Å². The zero-order chi connectivity index (χ0) is 21.9. The van der Waals surface area contributed by atoms with Gasteiger partial charge in [0.15, 0.2) is 5.82 Å². The number of hydrogen-bond donors (Lipinski definition) is 0. The molecule has 4 aromatic rings. The Morgan fingerprint density at radius 3 is 2.50 bits per heavy atom. The van der Waals surface area contributed by atoms with Gasteiger partial charge in [0.1, 0.15) is 6.61 Å². The van der Waals surface area contributed by atoms with Crippen molar-refractivity contribution < 1.29 is 18.3 Å². The third kappa shape index (κ3) is 4.06. The summed E-state index contributed by atoms with van der Waals surface area (Å²) < 4.78 is 40.1. The molecule has 5 rings (SSSR count). The first-order valence-corrected chi connectivity index (χ1v) is 10.1. The van der Waals surface area contributed by atoms with Gasteiger partial charge >= 0.3 is 6.01 Å². The first-order valence-electron chi connectivity index (χ1n) is 10.1. The van der Waals surface area contributed by atoms with Crippen LogP contribution >= 0.6 is 0 Å². The van der Waals surface area contributed by atoms with Crippen molar-refractivity contribution >= 4 is 17.0 Å². The number of aromatic nitrogens is 6. The summed E-state index contributed by atoms with van der Waals surface area (Å²) in [7, 11) is 0. The van der Waals surface area contributed by atoms with Gasteiger partial charge in [0.2, 0.25) is 11.9 Å². The smallest absolute Gasteiger partial charge is 0.323 e. The second-order valence-electron chi connectivity index (χ2n) is 7.02. The summed E-state index contributed by atoms with van der Waals surface area (Å²) in [6.45, 7) is 2.28. The summed E-state index contributed by atoms with van der Waals surface area (Å²) in [4.78, 5) is 23.4. The number of alkyl halides is 2. The van der Waals surface area contributed by atoms with Crippen LogP contribution in [-0.4, -0.2) is 55.8 Å². The summed E-state index contributed by atoms with van der Waals surface area (Å²) in [5.74, 6) is -0.102. The maximum atomic E-state index is 13.9. The number of fused-ring (bicyclic) bond motifs is 1. The molecule has 32 heavy (non-hydrogen) atoms. The molecule has 1 fully saturated rings. The van der Waals surface area contributed by atoms with Gasteiger partial charge in [0.25, 0.3) is 6.43 Å². The van der Waals surface area contributed by atoms with Crippen molar-refractivity contribution in [2.45, 2.75) is 13.0 Å². The third-order valence-electron chi connectivity index (χ3n) is 4.94. The lowest BCUT2D eigenvalue weighted by Crippen LogP contribution is -2.37. The van der Waals surface area contributed by atoms with Crippen LogP contribution in [-0.2, 0) is 11.3 Å². The maximum Gasteiger partial charge on any atom is 0.323 e. The summed E-state index contributed by atoms with van der Waals surface area (Å²) >= 11 is 0. The van der Waals surface area contributed by atoms with Crippen LogP contribution in [0.5, 0.6) is 6.01 Å². The molecule has 9 nitrogen and oxygen atoms in total. The lowest BCUT2D eigenvalue weighted by Gasteiger charge is -2.27. The zero-order valence-corrected chi connectivity index (χ0v) is 16.9. The highest BCUT2D eigenvalue weighted by Crippen LogP contribution is 2.28. The monoisotopic (exact) mass is 439 g/mol. The highest BCUT2D eigenvalue weighted by molar-refractivity contribution is 5.77. The molecule has 11 heteroatoms. The molecular formula is C21H19F2N7O2. The van der Waals surface area contributed by atoms with Crippen LogP contribution in [0.3, 0.4) is 0 Å². The number of pyridine rings is 1. The van der Waals surface area contributed by atoms with Gasteiger partial charge in [0, 0.05) is 19.3 Å². The molecule has 0 amide bonds. The van der Waals surface area contributed by atoms with E-state index in [4.69, 9.17) is 9.47 Å². The van der Waals surface area contributed by atoms with E-state index in [9.17, 15) is 8.78 Å². The number of rotatable bonds is 6. The van der Waals surface area contributed by atoms with Crippen LogP contribution in [0.2, 0.25) is 0 Å². The third-order valence-corrected chi connectivity index (χ3v) is 4.94. The molecule has 1 aliphatic heterocycles. The second-order valence-corrected chi connectivity index (χ2v) is 7.02. The Hall–Kier alpha value is -3.73. The molecule has 3 aromatic heterocycles. The molecule has 0 aliphatic carbocycles. The van der Waals surface area contributed by atoms with E-state index in [1.165, 1.54) is 4.57 Å². The van der Waals surface area contributed by atoms with E-state index in [0.29, 0.717) is 49.0 Å². The minimum atomic E-state index is -2.82. The Kier molecular flexibility index (Phi) is 5.55. The van der Waals surface area contributed by atoms with Gasteiger partial charge in [-0.1, -0.05) is 18.2 Å². The number of morpholine rings is 1. The van der Waals surface area contributed by atoms with Gasteiger partial charge < -0.3 is 14.4 Å². The summed E-state index contributed by atoms with van der Waals surface area (Å²) in [5, 5.41) is 0. The standard InChI is InChI=1S/C21H19F2N7O2/c22-17(23)18-25-15-6-1-2-7-16(15)30(18)20-26-19(29-9-11-31-12-10-29)27-21(28-20)32-13-14-5-3-4-8-24-14/h1-8,17H,9-13H2. The average Bonchev–Trinajstić information content (AvgIpc) is 3.24. The maximum absolute atomic E-state index is 13.9. The quantitative estimate of drug-likeness (QED) is 0.453. The van der Waals surface area contributed by atoms with Crippen LogP contribution < -0.4 is 9.64 Å². The van der Waals surface area contributed by atoms with Crippen molar-refractivity contribution in [3.63, 3.8) is 0 Å². The SMILES string of the molecule is FC(F)c1nc2ccccc2n1-c1nc(OCc2ccccn2)nc(N2CCOCC2)n1. The van der Waals surface area contributed by atoms with Crippen molar-refractivity contribution in [1.29, 1.82) is 0 Å². The normalized spacial score (nSPS) is 14.3. The number of para-hydroxylation sites is 2. The largest absolute Gasteiger partial charge is 0.457 e. The van der Waals surface area contributed by atoms with Gasteiger partial charge in [-0.25, -0.2) is 13.8 Å². The van der Waals surface area contributed by atoms with Gasteiger partial charge in [-0.05, 0) is 24.3 Å². The molecule has 0 bridgehead atoms. The van der Waals surface area contributed by atoms with Crippen molar-refractivity contribution in [3.05, 3.63) is 60.2 Å². The topological polar surface area (TPSA) is 91.1 Å². The molecule has 0 spiro atoms. The molecular weight excluding hydrogens is 420 g/mol. The number of hydrogen-bond acceptors (Lipinski definition) is 8. The number of imidazole rings is 1. The van der Waals surface area contributed by atoms with Gasteiger partial charge in [-0.15, -0.1) is 0 Å². The average molecular weight is 439 g/mol. The summed E-state index contributed by atoms with van der Waals surface area (Å²) in [6.07, 6.45) is -1.16. The van der Waals surface area contributed by atoms with E-state index >= 15 is 0 Å². The van der Waals surface area contributed by atoms with Gasteiger partial charge in [0.05, 0.1) is 29.9 Å². The first-order chi connectivity index (χ1) is 15.7. The van der Waals surface area contributed by atoms with Crippen molar-refractivity contribution in [2.75, 3.05) is 31.2 Å². The predicted octanol–water partition coefficient (Wildman–Crippen LogP) is 2.96. The molecule has 1 aliphatic rings.